The number of phenols is 3. The van der Waals surface area contributed by atoms with Crippen LogP contribution >= 0.6 is 11.6 Å². The molecule has 0 saturated heterocycles. The highest BCUT2D eigenvalue weighted by Gasteiger charge is 2.12. The van der Waals surface area contributed by atoms with Crippen molar-refractivity contribution in [3.63, 3.8) is 0 Å². The quantitative estimate of drug-likeness (QED) is 0.727. The molecule has 2 aromatic rings. The number of hydrogen-bond donors (Lipinski definition) is 3. The van der Waals surface area contributed by atoms with Crippen molar-refractivity contribution in [1.29, 1.82) is 0 Å². The van der Waals surface area contributed by atoms with E-state index in [1.165, 1.54) is 12.1 Å². The number of halogens is 1. The van der Waals surface area contributed by atoms with E-state index in [1.54, 1.807) is 25.1 Å². The van der Waals surface area contributed by atoms with Gasteiger partial charge in [0, 0.05) is 11.6 Å². The third-order valence-electron chi connectivity index (χ3n) is 2.66. The molecule has 0 aliphatic rings. The zero-order chi connectivity index (χ0) is 12.6. The normalized spacial score (nSPS) is 10.5. The summed E-state index contributed by atoms with van der Waals surface area (Å²) in [6, 6.07) is 7.66. The van der Waals surface area contributed by atoms with Crippen LogP contribution in [0.25, 0.3) is 11.1 Å². The largest absolute Gasteiger partial charge is 0.508 e. The van der Waals surface area contributed by atoms with Crippen molar-refractivity contribution in [2.24, 2.45) is 0 Å². The van der Waals surface area contributed by atoms with Gasteiger partial charge in [0.05, 0.1) is 5.02 Å². The second-order valence-corrected chi connectivity index (χ2v) is 4.18. The van der Waals surface area contributed by atoms with Crippen LogP contribution in [0, 0.1) is 6.92 Å². The van der Waals surface area contributed by atoms with E-state index >= 15 is 0 Å². The van der Waals surface area contributed by atoms with Gasteiger partial charge >= 0.3 is 0 Å². The Morgan fingerprint density at radius 2 is 1.59 bits per heavy atom. The Bertz CT molecular complexity index is 579. The molecule has 88 valence electrons. The lowest BCUT2D eigenvalue weighted by molar-refractivity contribution is 0.452. The maximum Gasteiger partial charge on any atom is 0.137 e. The molecular formula is C13H11ClO3. The van der Waals surface area contributed by atoms with Gasteiger partial charge in [-0.15, -0.1) is 0 Å². The van der Waals surface area contributed by atoms with E-state index < -0.39 is 0 Å². The average molecular weight is 251 g/mol. The summed E-state index contributed by atoms with van der Waals surface area (Å²) in [5, 5.41) is 28.9. The molecule has 0 atom stereocenters. The molecule has 4 heteroatoms. The molecule has 3 nitrogen and oxygen atoms in total. The lowest BCUT2D eigenvalue weighted by Gasteiger charge is -2.10. The van der Waals surface area contributed by atoms with Crippen LogP contribution in [0.3, 0.4) is 0 Å². The van der Waals surface area contributed by atoms with Gasteiger partial charge in [-0.2, -0.15) is 0 Å². The Morgan fingerprint density at radius 3 is 2.29 bits per heavy atom. The van der Waals surface area contributed by atoms with Crippen LogP contribution < -0.4 is 0 Å². The van der Waals surface area contributed by atoms with E-state index in [0.29, 0.717) is 16.7 Å². The highest BCUT2D eigenvalue weighted by atomic mass is 35.5. The summed E-state index contributed by atoms with van der Waals surface area (Å²) in [4.78, 5) is 0. The molecule has 0 aliphatic heterocycles. The van der Waals surface area contributed by atoms with Crippen molar-refractivity contribution in [3.05, 3.63) is 40.9 Å². The summed E-state index contributed by atoms with van der Waals surface area (Å²) in [5.74, 6) is -0.113. The third-order valence-corrected chi connectivity index (χ3v) is 2.96. The lowest BCUT2D eigenvalue weighted by Crippen LogP contribution is -1.85. The second kappa shape index (κ2) is 4.18. The summed E-state index contributed by atoms with van der Waals surface area (Å²) >= 11 is 5.80. The fraction of sp³-hybridized carbons (Fsp3) is 0.0769. The summed E-state index contributed by atoms with van der Waals surface area (Å²) < 4.78 is 0. The van der Waals surface area contributed by atoms with Crippen molar-refractivity contribution >= 4 is 11.6 Å². The Kier molecular flexibility index (Phi) is 2.86. The van der Waals surface area contributed by atoms with E-state index in [0.717, 1.165) is 0 Å². The number of rotatable bonds is 1. The number of benzene rings is 2. The van der Waals surface area contributed by atoms with Gasteiger partial charge in [0.15, 0.2) is 0 Å². The van der Waals surface area contributed by atoms with Crippen molar-refractivity contribution in [2.45, 2.75) is 6.92 Å². The van der Waals surface area contributed by atoms with Gasteiger partial charge in [-0.05, 0) is 30.2 Å². The summed E-state index contributed by atoms with van der Waals surface area (Å²) in [6.45, 7) is 1.74. The SMILES string of the molecule is Cc1c(O)cccc1-c1cc(Cl)c(O)cc1O. The lowest BCUT2D eigenvalue weighted by atomic mass is 9.99. The van der Waals surface area contributed by atoms with Gasteiger partial charge in [-0.1, -0.05) is 23.7 Å². The Hall–Kier alpha value is -1.87. The molecule has 0 radical (unpaired) electrons. The highest BCUT2D eigenvalue weighted by molar-refractivity contribution is 6.32. The first-order valence-electron chi connectivity index (χ1n) is 5.01. The maximum atomic E-state index is 9.78. The average Bonchev–Trinajstić information content (AvgIpc) is 2.28. The van der Waals surface area contributed by atoms with Crippen LogP contribution in [0.5, 0.6) is 17.2 Å². The second-order valence-electron chi connectivity index (χ2n) is 3.77. The van der Waals surface area contributed by atoms with Gasteiger partial charge in [0.1, 0.15) is 17.2 Å². The predicted octanol–water partition coefficient (Wildman–Crippen LogP) is 3.43. The van der Waals surface area contributed by atoms with Crippen LogP contribution in [-0.2, 0) is 0 Å². The zero-order valence-electron chi connectivity index (χ0n) is 9.11. The first kappa shape index (κ1) is 11.6. The first-order valence-corrected chi connectivity index (χ1v) is 5.39. The minimum Gasteiger partial charge on any atom is -0.508 e. The van der Waals surface area contributed by atoms with Crippen LogP contribution in [0.1, 0.15) is 5.56 Å². The number of aromatic hydroxyl groups is 3. The molecule has 0 unspecified atom stereocenters. The molecule has 0 saturated carbocycles. The molecule has 2 rings (SSSR count). The monoisotopic (exact) mass is 250 g/mol. The van der Waals surface area contributed by atoms with Gasteiger partial charge in [-0.25, -0.2) is 0 Å². The minimum atomic E-state index is -0.175. The van der Waals surface area contributed by atoms with Gasteiger partial charge in [0.25, 0.3) is 0 Å². The molecule has 2 aromatic carbocycles. The summed E-state index contributed by atoms with van der Waals surface area (Å²) in [6.07, 6.45) is 0. The van der Waals surface area contributed by atoms with E-state index in [4.69, 9.17) is 11.6 Å². The zero-order valence-corrected chi connectivity index (χ0v) is 9.86. The number of phenolic OH excluding ortho intramolecular Hbond substituents is 3. The van der Waals surface area contributed by atoms with Crippen LogP contribution in [0.15, 0.2) is 30.3 Å². The third kappa shape index (κ3) is 2.01. The van der Waals surface area contributed by atoms with Crippen LogP contribution in [0.2, 0.25) is 5.02 Å². The highest BCUT2D eigenvalue weighted by Crippen LogP contribution is 2.39. The van der Waals surface area contributed by atoms with Crippen molar-refractivity contribution < 1.29 is 15.3 Å². The van der Waals surface area contributed by atoms with E-state index in [9.17, 15) is 15.3 Å². The summed E-state index contributed by atoms with van der Waals surface area (Å²) in [7, 11) is 0. The molecule has 0 aromatic heterocycles. The Balaban J connectivity index is 2.69. The molecule has 0 fully saturated rings. The topological polar surface area (TPSA) is 60.7 Å². The minimum absolute atomic E-state index is 0.0828. The molecular weight excluding hydrogens is 240 g/mol. The van der Waals surface area contributed by atoms with Crippen molar-refractivity contribution in [2.75, 3.05) is 0 Å². The van der Waals surface area contributed by atoms with Gasteiger partial charge in [0.2, 0.25) is 0 Å². The molecule has 0 bridgehead atoms. The standard InChI is InChI=1S/C13H11ClO3/c1-7-8(3-2-4-11(7)15)9-5-10(14)13(17)6-12(9)16/h2-6,15-17H,1H3. The summed E-state index contributed by atoms with van der Waals surface area (Å²) in [5.41, 5.74) is 1.79. The van der Waals surface area contributed by atoms with Crippen molar-refractivity contribution in [1.82, 2.24) is 0 Å². The fourth-order valence-electron chi connectivity index (χ4n) is 1.68. The molecule has 17 heavy (non-hydrogen) atoms. The molecule has 0 aliphatic carbocycles. The molecule has 3 N–H and O–H groups in total. The van der Waals surface area contributed by atoms with E-state index in [-0.39, 0.29) is 22.3 Å². The molecule has 0 amide bonds. The first-order chi connectivity index (χ1) is 8.00. The fourth-order valence-corrected chi connectivity index (χ4v) is 1.85. The van der Waals surface area contributed by atoms with Crippen molar-refractivity contribution in [3.8, 4) is 28.4 Å². The number of hydrogen-bond acceptors (Lipinski definition) is 3. The molecule has 0 heterocycles. The van der Waals surface area contributed by atoms with Gasteiger partial charge in [-0.3, -0.25) is 0 Å². The Morgan fingerprint density at radius 1 is 0.882 bits per heavy atom. The van der Waals surface area contributed by atoms with Crippen LogP contribution in [-0.4, -0.2) is 15.3 Å². The Labute approximate surface area is 104 Å². The molecule has 0 spiro atoms. The van der Waals surface area contributed by atoms with Gasteiger partial charge < -0.3 is 15.3 Å². The maximum absolute atomic E-state index is 9.78. The van der Waals surface area contributed by atoms with Crippen LogP contribution in [0.4, 0.5) is 0 Å². The van der Waals surface area contributed by atoms with E-state index in [2.05, 4.69) is 0 Å². The predicted molar refractivity (Wildman–Crippen MR) is 66.6 cm³/mol. The smallest absolute Gasteiger partial charge is 0.137 e. The van der Waals surface area contributed by atoms with E-state index in [1.807, 2.05) is 0 Å².